The minimum absolute atomic E-state index is 0.312. The number of hydrogen-bond acceptors (Lipinski definition) is 4. The van der Waals surface area contributed by atoms with Gasteiger partial charge in [-0.2, -0.15) is 26.3 Å². The molecule has 0 atom stereocenters. The quantitative estimate of drug-likeness (QED) is 0.237. The highest BCUT2D eigenvalue weighted by atomic mass is 35.5. The molecule has 0 unspecified atom stereocenters. The molecule has 0 spiro atoms. The molecule has 0 aliphatic rings. The maximum Gasteiger partial charge on any atom is 0.433 e. The minimum Gasteiger partial charge on any atom is -0.405 e. The number of ether oxygens (including phenoxy) is 1. The van der Waals surface area contributed by atoms with Crippen molar-refractivity contribution in [1.82, 2.24) is 14.5 Å². The van der Waals surface area contributed by atoms with E-state index in [4.69, 9.17) is 28.6 Å². The van der Waals surface area contributed by atoms with Gasteiger partial charge in [-0.05, 0) is 24.4 Å². The maximum atomic E-state index is 14.1. The predicted octanol–water partition coefficient (Wildman–Crippen LogP) is 6.53. The molecule has 1 N–H and O–H groups in total. The van der Waals surface area contributed by atoms with Gasteiger partial charge in [-0.15, -0.1) is 0 Å². The van der Waals surface area contributed by atoms with Gasteiger partial charge in [0, 0.05) is 25.5 Å². The monoisotopic (exact) mass is 532 g/mol. The van der Waals surface area contributed by atoms with Gasteiger partial charge in [0.1, 0.15) is 22.9 Å². The Morgan fingerprint density at radius 2 is 1.76 bits per heavy atom. The first kappa shape index (κ1) is 25.4. The number of rotatable bonds is 3. The number of carbonyl (C=O) groups is 1. The van der Waals surface area contributed by atoms with Crippen LogP contribution in [0, 0.1) is 16.4 Å². The van der Waals surface area contributed by atoms with E-state index in [2.05, 4.69) is 9.97 Å². The molecule has 2 aromatic heterocycles. The number of halogens is 9. The topological polar surface area (TPSA) is 63.2 Å². The van der Waals surface area contributed by atoms with Gasteiger partial charge in [0.05, 0.1) is 10.7 Å². The van der Waals surface area contributed by atoms with E-state index >= 15 is 0 Å². The van der Waals surface area contributed by atoms with Gasteiger partial charge in [0.15, 0.2) is 16.3 Å². The molecule has 34 heavy (non-hydrogen) atoms. The number of imidazole rings is 1. The lowest BCUT2D eigenvalue weighted by atomic mass is 10.1. The van der Waals surface area contributed by atoms with Crippen LogP contribution in [0.3, 0.4) is 0 Å². The summed E-state index contributed by atoms with van der Waals surface area (Å²) in [7, 11) is 0.849. The molecule has 0 bridgehead atoms. The molecule has 3 aromatic rings. The number of benzene rings is 1. The number of aromatic nitrogens is 3. The highest BCUT2D eigenvalue weighted by molar-refractivity contribution is 7.71. The van der Waals surface area contributed by atoms with Gasteiger partial charge < -0.3 is 9.72 Å². The van der Waals surface area contributed by atoms with Crippen LogP contribution in [0.5, 0.6) is 5.75 Å². The van der Waals surface area contributed by atoms with Crippen molar-refractivity contribution >= 4 is 35.6 Å². The molecule has 1 amide bonds. The van der Waals surface area contributed by atoms with Crippen LogP contribution < -0.4 is 9.64 Å². The normalized spacial score (nSPS) is 12.1. The van der Waals surface area contributed by atoms with Crippen LogP contribution in [0.25, 0.3) is 5.82 Å². The van der Waals surface area contributed by atoms with Crippen molar-refractivity contribution in [2.24, 2.45) is 0 Å². The Morgan fingerprint density at radius 3 is 2.29 bits per heavy atom. The second-order valence-corrected chi connectivity index (χ2v) is 7.28. The molecule has 182 valence electrons. The Kier molecular flexibility index (Phi) is 6.63. The number of nitrogens with one attached hydrogen (secondary N) is 1. The van der Waals surface area contributed by atoms with Crippen LogP contribution in [-0.4, -0.2) is 27.7 Å². The van der Waals surface area contributed by atoms with Crippen LogP contribution >= 0.6 is 23.8 Å². The molecule has 16 heteroatoms. The molecule has 0 fully saturated rings. The molecular weight excluding hydrogens is 524 g/mol. The Morgan fingerprint density at radius 1 is 1.12 bits per heavy atom. The third kappa shape index (κ3) is 4.99. The highest BCUT2D eigenvalue weighted by Crippen LogP contribution is 2.43. The van der Waals surface area contributed by atoms with Gasteiger partial charge in [0.2, 0.25) is 0 Å². The Balaban J connectivity index is 2.20. The number of carbonyl (C=O) groups excluding carboxylic acids is 1. The summed E-state index contributed by atoms with van der Waals surface area (Å²) in [6, 6.07) is 0.622. The van der Waals surface area contributed by atoms with Crippen LogP contribution in [0.2, 0.25) is 5.02 Å². The van der Waals surface area contributed by atoms with Crippen LogP contribution in [-0.2, 0) is 12.4 Å². The van der Waals surface area contributed by atoms with Crippen LogP contribution in [0.1, 0.15) is 11.3 Å². The number of H-pyrrole nitrogens is 1. The van der Waals surface area contributed by atoms with E-state index < -0.39 is 63.6 Å². The number of alkyl halides is 6. The van der Waals surface area contributed by atoms with Crippen molar-refractivity contribution < 1.29 is 44.7 Å². The first-order valence-electron chi connectivity index (χ1n) is 8.67. The molecule has 0 radical (unpaired) electrons. The van der Waals surface area contributed by atoms with Gasteiger partial charge in [0.25, 0.3) is 0 Å². The van der Waals surface area contributed by atoms with Gasteiger partial charge in [-0.3, -0.25) is 9.47 Å². The van der Waals surface area contributed by atoms with Crippen molar-refractivity contribution in [1.29, 1.82) is 0 Å². The first-order chi connectivity index (χ1) is 15.6. The molecule has 0 aliphatic heterocycles. The zero-order valence-corrected chi connectivity index (χ0v) is 17.9. The lowest BCUT2D eigenvalue weighted by molar-refractivity contribution is -0.146. The summed E-state index contributed by atoms with van der Waals surface area (Å²) in [6.07, 6.45) is -10.4. The van der Waals surface area contributed by atoms with E-state index in [9.17, 15) is 39.9 Å². The third-order valence-corrected chi connectivity index (χ3v) is 4.85. The van der Waals surface area contributed by atoms with E-state index in [0.717, 1.165) is 19.4 Å². The number of anilines is 1. The summed E-state index contributed by atoms with van der Waals surface area (Å²) < 4.78 is 113. The number of aromatic amines is 1. The van der Waals surface area contributed by atoms with Crippen LogP contribution in [0.4, 0.5) is 45.6 Å². The number of pyridine rings is 1. The van der Waals surface area contributed by atoms with Crippen LogP contribution in [0.15, 0.2) is 30.6 Å². The fraction of sp³-hybridized carbons (Fsp3) is 0.167. The lowest BCUT2D eigenvalue weighted by Gasteiger charge is -2.22. The Bertz CT molecular complexity index is 1320. The third-order valence-electron chi connectivity index (χ3n) is 4.24. The molecule has 2 heterocycles. The largest absolute Gasteiger partial charge is 0.433 e. The molecular formula is C18H9ClF8N4O2S. The molecule has 6 nitrogen and oxygen atoms in total. The summed E-state index contributed by atoms with van der Waals surface area (Å²) in [5.74, 6) is -5.06. The van der Waals surface area contributed by atoms with Gasteiger partial charge in [-0.25, -0.2) is 18.6 Å². The molecule has 0 saturated carbocycles. The predicted molar refractivity (Wildman–Crippen MR) is 105 cm³/mol. The molecule has 0 saturated heterocycles. The van der Waals surface area contributed by atoms with Crippen molar-refractivity contribution in [2.45, 2.75) is 12.4 Å². The highest BCUT2D eigenvalue weighted by Gasteiger charge is 2.43. The number of nitrogens with zero attached hydrogens (tertiary/aromatic N) is 3. The average molecular weight is 533 g/mol. The first-order valence-corrected chi connectivity index (χ1v) is 9.45. The zero-order chi connectivity index (χ0) is 25.6. The standard InChI is InChI=1S/C18H9ClF8N4O2S/c1-30(11-5-8(19)9(20)6-10(11)21)16(32)33-13-7(17(22,23)24)4-12(18(25,26)27)29-14(13)31-3-2-28-15(31)34/h2-6H,1H3,(H,28,34). The summed E-state index contributed by atoms with van der Waals surface area (Å²) in [6.45, 7) is 0. The fourth-order valence-electron chi connectivity index (χ4n) is 2.65. The molecule has 1 aromatic carbocycles. The van der Waals surface area contributed by atoms with Crippen molar-refractivity contribution in [3.8, 4) is 11.6 Å². The minimum atomic E-state index is -5.45. The lowest BCUT2D eigenvalue weighted by Crippen LogP contribution is -2.31. The maximum absolute atomic E-state index is 14.1. The Hall–Kier alpha value is -3.20. The van der Waals surface area contributed by atoms with E-state index in [1.165, 1.54) is 0 Å². The smallest absolute Gasteiger partial charge is 0.405 e. The fourth-order valence-corrected chi connectivity index (χ4v) is 3.02. The molecule has 0 aliphatic carbocycles. The summed E-state index contributed by atoms with van der Waals surface area (Å²) >= 11 is 10.4. The van der Waals surface area contributed by atoms with Crippen molar-refractivity contribution in [3.05, 3.63) is 63.3 Å². The second-order valence-electron chi connectivity index (χ2n) is 6.48. The SMILES string of the molecule is CN(C(=O)Oc1c(C(F)(F)F)cc(C(F)(F)F)nc1-n1cc[nH]c1=S)c1cc(Cl)c(F)cc1F. The Labute approximate surface area is 194 Å². The average Bonchev–Trinajstić information content (AvgIpc) is 3.14. The van der Waals surface area contributed by atoms with E-state index in [0.29, 0.717) is 21.6 Å². The second kappa shape index (κ2) is 8.87. The molecule has 3 rings (SSSR count). The summed E-state index contributed by atoms with van der Waals surface area (Å²) in [5, 5.41) is -0.623. The van der Waals surface area contributed by atoms with E-state index in [1.807, 2.05) is 0 Å². The zero-order valence-electron chi connectivity index (χ0n) is 16.4. The van der Waals surface area contributed by atoms with E-state index in [1.54, 1.807) is 0 Å². The van der Waals surface area contributed by atoms with Gasteiger partial charge >= 0.3 is 18.4 Å². The van der Waals surface area contributed by atoms with E-state index in [-0.39, 0.29) is 10.8 Å². The van der Waals surface area contributed by atoms with Crippen molar-refractivity contribution in [2.75, 3.05) is 11.9 Å². The summed E-state index contributed by atoms with van der Waals surface area (Å²) in [5.41, 5.74) is -4.64. The number of amides is 1. The summed E-state index contributed by atoms with van der Waals surface area (Å²) in [4.78, 5) is 18.4. The number of hydrogen-bond donors (Lipinski definition) is 1. The van der Waals surface area contributed by atoms with Gasteiger partial charge in [-0.1, -0.05) is 11.6 Å². The van der Waals surface area contributed by atoms with Crippen molar-refractivity contribution in [3.63, 3.8) is 0 Å².